The normalized spacial score (nSPS) is 20.0. The monoisotopic (exact) mass is 506 g/mol. The molecule has 3 aliphatic rings. The number of ether oxygens (including phenoxy) is 1. The van der Waals surface area contributed by atoms with E-state index in [0.717, 1.165) is 10.9 Å². The minimum absolute atomic E-state index is 0.0945. The van der Waals surface area contributed by atoms with Crippen LogP contribution in [0.5, 0.6) is 5.75 Å². The van der Waals surface area contributed by atoms with Gasteiger partial charge in [0.2, 0.25) is 0 Å². The molecule has 8 rings (SSSR count). The second-order valence-corrected chi connectivity index (χ2v) is 11.2. The molecule has 0 spiro atoms. The molecule has 182 valence electrons. The number of carbonyl (C=O) groups is 1. The van der Waals surface area contributed by atoms with Crippen molar-refractivity contribution in [2.45, 2.75) is 23.2 Å². The van der Waals surface area contributed by atoms with E-state index in [4.69, 9.17) is 4.74 Å². The zero-order valence-electron chi connectivity index (χ0n) is 19.7. The third-order valence-electron chi connectivity index (χ3n) is 7.90. The van der Waals surface area contributed by atoms with Crippen LogP contribution in [0.25, 0.3) is 21.5 Å². The van der Waals surface area contributed by atoms with Crippen LogP contribution >= 0.6 is 0 Å². The molecule has 5 nitrogen and oxygen atoms in total. The third kappa shape index (κ3) is 3.40. The van der Waals surface area contributed by atoms with Crippen molar-refractivity contribution in [3.05, 3.63) is 119 Å². The van der Waals surface area contributed by atoms with Crippen LogP contribution in [0.15, 0.2) is 102 Å². The average Bonchev–Trinajstić information content (AvgIpc) is 2.91. The minimum Gasteiger partial charge on any atom is -0.426 e. The van der Waals surface area contributed by atoms with Gasteiger partial charge in [0, 0.05) is 22.6 Å². The summed E-state index contributed by atoms with van der Waals surface area (Å²) in [7, 11) is -4.43. The molecule has 0 saturated carbocycles. The Morgan fingerprint density at radius 2 is 1.35 bits per heavy atom. The van der Waals surface area contributed by atoms with E-state index in [2.05, 4.69) is 42.5 Å². The molecule has 3 aliphatic carbocycles. The number of fused-ring (bicyclic) bond motifs is 3. The second-order valence-electron chi connectivity index (χ2n) is 9.83. The minimum atomic E-state index is -4.43. The lowest BCUT2D eigenvalue weighted by molar-refractivity contribution is -0.140. The molecule has 2 bridgehead atoms. The van der Waals surface area contributed by atoms with E-state index >= 15 is 0 Å². The van der Waals surface area contributed by atoms with Gasteiger partial charge in [-0.05, 0) is 51.6 Å². The fraction of sp³-hybridized carbons (Fsp3) is 0.129. The molecule has 0 aromatic heterocycles. The molecule has 0 radical (unpaired) electrons. The van der Waals surface area contributed by atoms with Crippen LogP contribution in [0.4, 0.5) is 0 Å². The van der Waals surface area contributed by atoms with Crippen LogP contribution in [0.3, 0.4) is 0 Å². The Balaban J connectivity index is 1.33. The van der Waals surface area contributed by atoms with Crippen LogP contribution < -0.4 is 4.74 Å². The highest BCUT2D eigenvalue weighted by Gasteiger charge is 2.47. The van der Waals surface area contributed by atoms with Crippen LogP contribution in [-0.2, 0) is 14.9 Å². The van der Waals surface area contributed by atoms with Crippen molar-refractivity contribution in [3.63, 3.8) is 0 Å². The maximum Gasteiger partial charge on any atom is 0.315 e. The zero-order chi connectivity index (χ0) is 25.3. The lowest BCUT2D eigenvalue weighted by Gasteiger charge is -2.44. The van der Waals surface area contributed by atoms with Gasteiger partial charge in [-0.3, -0.25) is 9.35 Å². The lowest BCUT2D eigenvalue weighted by atomic mass is 9.59. The summed E-state index contributed by atoms with van der Waals surface area (Å²) in [6.45, 7) is 0. The summed E-state index contributed by atoms with van der Waals surface area (Å²) in [5, 5.41) is 3.10. The third-order valence-corrected chi connectivity index (χ3v) is 8.81. The molecule has 5 aromatic carbocycles. The first-order valence-corrected chi connectivity index (χ1v) is 13.7. The Morgan fingerprint density at radius 3 is 2.08 bits per heavy atom. The number of carbonyl (C=O) groups excluding carboxylic acids is 1. The van der Waals surface area contributed by atoms with E-state index in [1.807, 2.05) is 18.2 Å². The van der Waals surface area contributed by atoms with E-state index in [0.29, 0.717) is 17.2 Å². The van der Waals surface area contributed by atoms with Crippen molar-refractivity contribution in [2.24, 2.45) is 5.92 Å². The van der Waals surface area contributed by atoms with Gasteiger partial charge in [0.1, 0.15) is 10.6 Å². The quantitative estimate of drug-likeness (QED) is 0.173. The summed E-state index contributed by atoms with van der Waals surface area (Å²) in [5.74, 6) is -0.475. The molecule has 0 heterocycles. The second kappa shape index (κ2) is 8.00. The number of benzene rings is 5. The van der Waals surface area contributed by atoms with E-state index in [-0.39, 0.29) is 34.4 Å². The summed E-state index contributed by atoms with van der Waals surface area (Å²) in [4.78, 5) is 13.6. The number of rotatable bonds is 3. The van der Waals surface area contributed by atoms with Crippen molar-refractivity contribution in [3.8, 4) is 5.75 Å². The predicted octanol–water partition coefficient (Wildman–Crippen LogP) is 6.44. The number of hydrogen-bond donors (Lipinski definition) is 1. The first-order valence-electron chi connectivity index (χ1n) is 12.2. The van der Waals surface area contributed by atoms with Crippen LogP contribution in [0.1, 0.15) is 40.5 Å². The molecular formula is C31H22O5S. The molecule has 3 atom stereocenters. The average molecular weight is 507 g/mol. The Labute approximate surface area is 214 Å². The van der Waals surface area contributed by atoms with Gasteiger partial charge in [-0.15, -0.1) is 0 Å². The van der Waals surface area contributed by atoms with Gasteiger partial charge in [-0.2, -0.15) is 8.42 Å². The first-order chi connectivity index (χ1) is 17.9. The first kappa shape index (κ1) is 22.2. The number of hydrogen-bond acceptors (Lipinski definition) is 4. The van der Waals surface area contributed by atoms with Gasteiger partial charge < -0.3 is 4.74 Å². The highest BCUT2D eigenvalue weighted by atomic mass is 32.2. The Hall–Kier alpha value is -4.00. The SMILES string of the molecule is O=C(Oc1ccc(S(=O)(=O)O)c2ccccc12)C1CC2c3ccccc3C1c1cc3ccccc3cc12. The molecule has 0 aliphatic heterocycles. The number of esters is 1. The van der Waals surface area contributed by atoms with E-state index < -0.39 is 10.1 Å². The maximum atomic E-state index is 13.8. The highest BCUT2D eigenvalue weighted by Crippen LogP contribution is 2.56. The fourth-order valence-corrected chi connectivity index (χ4v) is 7.04. The Morgan fingerprint density at radius 1 is 0.730 bits per heavy atom. The molecule has 6 heteroatoms. The largest absolute Gasteiger partial charge is 0.426 e. The fourth-order valence-electron chi connectivity index (χ4n) is 6.34. The van der Waals surface area contributed by atoms with Crippen LogP contribution in [-0.4, -0.2) is 18.9 Å². The summed E-state index contributed by atoms with van der Waals surface area (Å²) < 4.78 is 39.4. The van der Waals surface area contributed by atoms with Gasteiger partial charge >= 0.3 is 5.97 Å². The molecule has 37 heavy (non-hydrogen) atoms. The van der Waals surface area contributed by atoms with Crippen molar-refractivity contribution in [2.75, 3.05) is 0 Å². The molecule has 3 unspecified atom stereocenters. The van der Waals surface area contributed by atoms with Crippen molar-refractivity contribution < 1.29 is 22.5 Å². The Kier molecular flexibility index (Phi) is 4.80. The lowest BCUT2D eigenvalue weighted by Crippen LogP contribution is -2.38. The van der Waals surface area contributed by atoms with Crippen LogP contribution in [0, 0.1) is 5.92 Å². The topological polar surface area (TPSA) is 80.7 Å². The summed E-state index contributed by atoms with van der Waals surface area (Å²) in [6, 6.07) is 30.5. The van der Waals surface area contributed by atoms with E-state index in [9.17, 15) is 17.8 Å². The van der Waals surface area contributed by atoms with Gasteiger partial charge in [-0.25, -0.2) is 0 Å². The van der Waals surface area contributed by atoms with E-state index in [1.165, 1.54) is 34.2 Å². The predicted molar refractivity (Wildman–Crippen MR) is 142 cm³/mol. The molecule has 0 fully saturated rings. The highest BCUT2D eigenvalue weighted by molar-refractivity contribution is 7.86. The summed E-state index contributed by atoms with van der Waals surface area (Å²) >= 11 is 0. The summed E-state index contributed by atoms with van der Waals surface area (Å²) in [6.07, 6.45) is 0.646. The molecule has 0 saturated heterocycles. The molecule has 5 aromatic rings. The van der Waals surface area contributed by atoms with Gasteiger partial charge in [0.25, 0.3) is 10.1 Å². The van der Waals surface area contributed by atoms with Crippen molar-refractivity contribution in [1.82, 2.24) is 0 Å². The van der Waals surface area contributed by atoms with Gasteiger partial charge in [0.05, 0.1) is 5.92 Å². The van der Waals surface area contributed by atoms with Gasteiger partial charge in [0.15, 0.2) is 0 Å². The Bertz CT molecular complexity index is 1860. The van der Waals surface area contributed by atoms with Crippen LogP contribution in [0.2, 0.25) is 0 Å². The smallest absolute Gasteiger partial charge is 0.315 e. The molecule has 0 amide bonds. The standard InChI is InChI=1S/C31H22O5S/c32-31(36-28-13-14-29(37(33,34)35)22-11-5-4-10-21(22)28)27-17-25-20-9-3-6-12-23(20)30(27)26-16-19-8-2-1-7-18(19)15-24(25)26/h1-16,25,27,30H,17H2,(H,33,34,35). The molecular weight excluding hydrogens is 484 g/mol. The summed E-state index contributed by atoms with van der Waals surface area (Å²) in [5.41, 5.74) is 4.87. The van der Waals surface area contributed by atoms with Crippen molar-refractivity contribution >= 4 is 37.6 Å². The van der Waals surface area contributed by atoms with Crippen molar-refractivity contribution in [1.29, 1.82) is 0 Å². The molecule has 1 N–H and O–H groups in total. The van der Waals surface area contributed by atoms with E-state index in [1.54, 1.807) is 24.3 Å². The maximum absolute atomic E-state index is 13.8. The van der Waals surface area contributed by atoms with Gasteiger partial charge in [-0.1, -0.05) is 84.9 Å². The zero-order valence-corrected chi connectivity index (χ0v) is 20.5.